The zero-order valence-electron chi connectivity index (χ0n) is 12.5. The monoisotopic (exact) mass is 288 g/mol. The van der Waals surface area contributed by atoms with Crippen molar-refractivity contribution in [3.05, 3.63) is 29.8 Å². The fraction of sp³-hybridized carbons (Fsp3) is 0.556. The predicted molar refractivity (Wildman–Crippen MR) is 83.3 cm³/mol. The molecule has 0 atom stereocenters. The molecule has 21 heavy (non-hydrogen) atoms. The average molecular weight is 288 g/mol. The molecule has 3 heteroatoms. The molecule has 1 aromatic carbocycles. The zero-order chi connectivity index (χ0) is 14.8. The lowest BCUT2D eigenvalue weighted by atomic mass is 9.90. The smallest absolute Gasteiger partial charge is 0.120 e. The van der Waals surface area contributed by atoms with E-state index in [0.717, 1.165) is 23.8 Å². The summed E-state index contributed by atoms with van der Waals surface area (Å²) in [6.45, 7) is 1.93. The van der Waals surface area contributed by atoms with Crippen LogP contribution in [0.5, 0.6) is 5.75 Å². The number of benzene rings is 1. The lowest BCUT2D eigenvalue weighted by molar-refractivity contribution is 0.0635. The van der Waals surface area contributed by atoms with E-state index >= 15 is 0 Å². The summed E-state index contributed by atoms with van der Waals surface area (Å²) in [6.07, 6.45) is 6.71. The van der Waals surface area contributed by atoms with Crippen LogP contribution in [0, 0.1) is 17.8 Å². The number of aliphatic hydroxyl groups excluding tert-OH is 1. The van der Waals surface area contributed by atoms with E-state index < -0.39 is 0 Å². The summed E-state index contributed by atoms with van der Waals surface area (Å²) >= 11 is 0. The molecule has 3 nitrogen and oxygen atoms in total. The summed E-state index contributed by atoms with van der Waals surface area (Å²) in [5.74, 6) is 7.04. The Morgan fingerprint density at radius 2 is 2.00 bits per heavy atom. The highest BCUT2D eigenvalue weighted by Crippen LogP contribution is 2.23. The molecule has 0 heterocycles. The van der Waals surface area contributed by atoms with Crippen LogP contribution in [0.4, 0.5) is 0 Å². The Morgan fingerprint density at radius 3 is 2.81 bits per heavy atom. The van der Waals surface area contributed by atoms with E-state index in [1.165, 1.54) is 32.1 Å². The molecule has 2 rings (SSSR count). The van der Waals surface area contributed by atoms with Crippen molar-refractivity contribution in [1.29, 1.82) is 0 Å². The topological polar surface area (TPSA) is 38.7 Å². The van der Waals surface area contributed by atoms with E-state index in [9.17, 15) is 0 Å². The highest BCUT2D eigenvalue weighted by atomic mass is 16.5. The number of hydrogen-bond donors (Lipinski definition) is 1. The molecule has 1 aromatic rings. The molecule has 1 fully saturated rings. The quantitative estimate of drug-likeness (QED) is 0.646. The lowest BCUT2D eigenvalue weighted by Gasteiger charge is -2.21. The summed E-state index contributed by atoms with van der Waals surface area (Å²) in [7, 11) is 0. The molecule has 114 valence electrons. The third-order valence-corrected chi connectivity index (χ3v) is 3.72. The van der Waals surface area contributed by atoms with Crippen LogP contribution in [-0.4, -0.2) is 31.5 Å². The van der Waals surface area contributed by atoms with E-state index in [0.29, 0.717) is 13.2 Å². The molecule has 1 aliphatic carbocycles. The van der Waals surface area contributed by atoms with Crippen LogP contribution in [0.15, 0.2) is 24.3 Å². The van der Waals surface area contributed by atoms with Gasteiger partial charge in [0, 0.05) is 12.2 Å². The summed E-state index contributed by atoms with van der Waals surface area (Å²) in [4.78, 5) is 0. The third kappa shape index (κ3) is 6.20. The Bertz CT molecular complexity index is 467. The maximum absolute atomic E-state index is 8.68. The van der Waals surface area contributed by atoms with E-state index in [4.69, 9.17) is 14.6 Å². The van der Waals surface area contributed by atoms with E-state index in [1.807, 2.05) is 24.3 Å². The van der Waals surface area contributed by atoms with Gasteiger partial charge in [0.25, 0.3) is 0 Å². The molecule has 0 saturated heterocycles. The van der Waals surface area contributed by atoms with Crippen LogP contribution in [0.1, 0.15) is 37.7 Å². The Morgan fingerprint density at radius 1 is 1.14 bits per heavy atom. The molecule has 0 radical (unpaired) electrons. The van der Waals surface area contributed by atoms with Gasteiger partial charge in [0.1, 0.15) is 19.0 Å². The molecule has 1 saturated carbocycles. The summed E-state index contributed by atoms with van der Waals surface area (Å²) in [5.41, 5.74) is 0.852. The minimum Gasteiger partial charge on any atom is -0.491 e. The molecule has 1 aliphatic rings. The third-order valence-electron chi connectivity index (χ3n) is 3.72. The molecule has 0 bridgehead atoms. The molecule has 0 aliphatic heterocycles. The summed E-state index contributed by atoms with van der Waals surface area (Å²) < 4.78 is 11.4. The van der Waals surface area contributed by atoms with Gasteiger partial charge in [0.15, 0.2) is 0 Å². The number of ether oxygens (including phenoxy) is 2. The summed E-state index contributed by atoms with van der Waals surface area (Å²) in [6, 6.07) is 7.59. The normalized spacial score (nSPS) is 15.3. The van der Waals surface area contributed by atoms with Crippen LogP contribution < -0.4 is 4.74 Å². The first kappa shape index (κ1) is 15.9. The highest BCUT2D eigenvalue weighted by Gasteiger charge is 2.12. The largest absolute Gasteiger partial charge is 0.491 e. The van der Waals surface area contributed by atoms with Crippen LogP contribution in [0.2, 0.25) is 0 Å². The number of aliphatic hydroxyl groups is 1. The van der Waals surface area contributed by atoms with Gasteiger partial charge in [0.05, 0.1) is 6.61 Å². The molecular weight excluding hydrogens is 264 g/mol. The maximum atomic E-state index is 8.68. The van der Waals surface area contributed by atoms with Crippen LogP contribution in [-0.2, 0) is 4.74 Å². The van der Waals surface area contributed by atoms with Gasteiger partial charge in [0.2, 0.25) is 0 Å². The fourth-order valence-electron chi connectivity index (χ4n) is 2.63. The van der Waals surface area contributed by atoms with Gasteiger partial charge >= 0.3 is 0 Å². The Hall–Kier alpha value is -1.50. The first-order valence-electron chi connectivity index (χ1n) is 7.79. The van der Waals surface area contributed by atoms with Crippen LogP contribution in [0.3, 0.4) is 0 Å². The Labute approximate surface area is 127 Å². The molecular formula is C18H24O3. The highest BCUT2D eigenvalue weighted by molar-refractivity contribution is 5.39. The SMILES string of the molecule is OCC#Cc1cccc(OCCOCC2CCCCC2)c1. The van der Waals surface area contributed by atoms with Gasteiger partial charge in [-0.05, 0) is 37.0 Å². The fourth-order valence-corrected chi connectivity index (χ4v) is 2.63. The average Bonchev–Trinajstić information content (AvgIpc) is 2.54. The van der Waals surface area contributed by atoms with E-state index in [2.05, 4.69) is 11.8 Å². The summed E-state index contributed by atoms with van der Waals surface area (Å²) in [5, 5.41) is 8.68. The van der Waals surface area contributed by atoms with Crippen LogP contribution in [0.25, 0.3) is 0 Å². The number of hydrogen-bond acceptors (Lipinski definition) is 3. The Balaban J connectivity index is 1.64. The van der Waals surface area contributed by atoms with Crippen LogP contribution >= 0.6 is 0 Å². The second-order valence-electron chi connectivity index (χ2n) is 5.42. The number of rotatable bonds is 6. The molecule has 0 amide bonds. The van der Waals surface area contributed by atoms with Gasteiger partial charge in [-0.25, -0.2) is 0 Å². The minimum absolute atomic E-state index is 0.125. The van der Waals surface area contributed by atoms with Gasteiger partial charge < -0.3 is 14.6 Å². The van der Waals surface area contributed by atoms with Crippen molar-refractivity contribution < 1.29 is 14.6 Å². The lowest BCUT2D eigenvalue weighted by Crippen LogP contribution is -2.16. The molecule has 0 unspecified atom stereocenters. The van der Waals surface area contributed by atoms with Crippen molar-refractivity contribution in [2.45, 2.75) is 32.1 Å². The van der Waals surface area contributed by atoms with Crippen molar-refractivity contribution in [2.24, 2.45) is 5.92 Å². The van der Waals surface area contributed by atoms with E-state index in [-0.39, 0.29) is 6.61 Å². The first-order chi connectivity index (χ1) is 10.4. The first-order valence-corrected chi connectivity index (χ1v) is 7.79. The van der Waals surface area contributed by atoms with Crippen molar-refractivity contribution in [2.75, 3.05) is 26.4 Å². The predicted octanol–water partition coefficient (Wildman–Crippen LogP) is 3.01. The second-order valence-corrected chi connectivity index (χ2v) is 5.42. The zero-order valence-corrected chi connectivity index (χ0v) is 12.5. The van der Waals surface area contributed by atoms with Crippen molar-refractivity contribution in [3.8, 4) is 17.6 Å². The standard InChI is InChI=1S/C18H24O3/c19-11-5-9-16-8-4-10-18(14-16)21-13-12-20-15-17-6-2-1-3-7-17/h4,8,10,14,17,19H,1-3,6-7,11-13,15H2. The van der Waals surface area contributed by atoms with Crippen molar-refractivity contribution >= 4 is 0 Å². The van der Waals surface area contributed by atoms with Gasteiger partial charge in [-0.2, -0.15) is 0 Å². The van der Waals surface area contributed by atoms with Gasteiger partial charge in [-0.3, -0.25) is 0 Å². The molecule has 0 aromatic heterocycles. The second kappa shape index (κ2) is 9.44. The van der Waals surface area contributed by atoms with Crippen molar-refractivity contribution in [3.63, 3.8) is 0 Å². The molecule has 0 spiro atoms. The Kier molecular flexibility index (Phi) is 7.14. The molecule has 1 N–H and O–H groups in total. The maximum Gasteiger partial charge on any atom is 0.120 e. The minimum atomic E-state index is -0.125. The van der Waals surface area contributed by atoms with Gasteiger partial charge in [-0.15, -0.1) is 0 Å². The van der Waals surface area contributed by atoms with Gasteiger partial charge in [-0.1, -0.05) is 37.2 Å². The van der Waals surface area contributed by atoms with E-state index in [1.54, 1.807) is 0 Å². The van der Waals surface area contributed by atoms with Crippen molar-refractivity contribution in [1.82, 2.24) is 0 Å².